The van der Waals surface area contributed by atoms with Gasteiger partial charge in [0.25, 0.3) is 0 Å². The molecule has 13 nitrogen and oxygen atoms in total. The van der Waals surface area contributed by atoms with E-state index < -0.39 is 42.4 Å². The average Bonchev–Trinajstić information content (AvgIpc) is 3.88. The number of furan rings is 1. The summed E-state index contributed by atoms with van der Waals surface area (Å²) in [5.41, 5.74) is 3.95. The van der Waals surface area contributed by atoms with E-state index in [2.05, 4.69) is 45.1 Å². The largest absolute Gasteiger partial charge is 0.472 e. The Morgan fingerprint density at radius 3 is 2.45 bits per heavy atom. The molecule has 264 valence electrons. The number of thiazole rings is 2. The molecule has 15 heteroatoms. The Balaban J connectivity index is 1.39. The van der Waals surface area contributed by atoms with Gasteiger partial charge in [0.05, 0.1) is 52.3 Å². The zero-order chi connectivity index (χ0) is 35.3. The van der Waals surface area contributed by atoms with Crippen LogP contribution in [0.25, 0.3) is 0 Å². The minimum absolute atomic E-state index is 0.0177. The monoisotopic (exact) mass is 711 g/mol. The van der Waals surface area contributed by atoms with Crippen molar-refractivity contribution in [2.75, 3.05) is 13.6 Å². The number of aliphatic hydroxyl groups excluding tert-OH is 1. The molecule has 0 aliphatic heterocycles. The summed E-state index contributed by atoms with van der Waals surface area (Å²) in [7, 11) is 1.66. The van der Waals surface area contributed by atoms with Gasteiger partial charge in [0.2, 0.25) is 5.91 Å². The molecule has 5 N–H and O–H groups in total. The molecule has 4 atom stereocenters. The molecule has 0 aliphatic rings. The molecule has 4 aromatic rings. The number of hydrogen-bond acceptors (Lipinski definition) is 11. The van der Waals surface area contributed by atoms with Crippen molar-refractivity contribution >= 4 is 40.7 Å². The molecule has 3 heterocycles. The first-order chi connectivity index (χ1) is 23.5. The Bertz CT molecular complexity index is 1580. The summed E-state index contributed by atoms with van der Waals surface area (Å²) < 4.78 is 10.6. The zero-order valence-corrected chi connectivity index (χ0v) is 29.9. The van der Waals surface area contributed by atoms with Crippen molar-refractivity contribution in [1.82, 2.24) is 36.1 Å². The predicted molar refractivity (Wildman–Crippen MR) is 188 cm³/mol. The van der Waals surface area contributed by atoms with Gasteiger partial charge in [-0.25, -0.2) is 14.6 Å². The second-order valence-corrected chi connectivity index (χ2v) is 14.2. The highest BCUT2D eigenvalue weighted by Crippen LogP contribution is 2.20. The van der Waals surface area contributed by atoms with Crippen LogP contribution in [-0.2, 0) is 29.1 Å². The lowest BCUT2D eigenvalue weighted by Gasteiger charge is -2.29. The smallest absolute Gasteiger partial charge is 0.407 e. The lowest BCUT2D eigenvalue weighted by Crippen LogP contribution is -2.55. The lowest BCUT2D eigenvalue weighted by atomic mass is 10.0. The molecule has 4 rings (SSSR count). The number of hydrogen-bond donors (Lipinski definition) is 5. The van der Waals surface area contributed by atoms with Crippen LogP contribution in [0.15, 0.2) is 70.4 Å². The fourth-order valence-corrected chi connectivity index (χ4v) is 6.18. The Labute approximate surface area is 294 Å². The average molecular weight is 712 g/mol. The van der Waals surface area contributed by atoms with Crippen LogP contribution >= 0.6 is 22.7 Å². The summed E-state index contributed by atoms with van der Waals surface area (Å²) in [6, 6.07) is 9.16. The van der Waals surface area contributed by atoms with Crippen molar-refractivity contribution in [2.24, 2.45) is 5.92 Å². The van der Waals surface area contributed by atoms with Gasteiger partial charge in [-0.05, 0) is 24.0 Å². The Morgan fingerprint density at radius 1 is 1.04 bits per heavy atom. The molecule has 0 saturated carbocycles. The van der Waals surface area contributed by atoms with E-state index >= 15 is 0 Å². The number of alkyl carbamates (subject to hydrolysis) is 1. The minimum atomic E-state index is -1.08. The second-order valence-electron chi connectivity index (χ2n) is 12.3. The van der Waals surface area contributed by atoms with Gasteiger partial charge in [-0.15, -0.1) is 22.7 Å². The number of aliphatic hydroxyl groups is 1. The topological polar surface area (TPSA) is 171 Å². The first-order valence-electron chi connectivity index (χ1n) is 16.0. The van der Waals surface area contributed by atoms with Crippen LogP contribution in [0, 0.1) is 5.92 Å². The lowest BCUT2D eigenvalue weighted by molar-refractivity contribution is -0.125. The van der Waals surface area contributed by atoms with Gasteiger partial charge in [-0.2, -0.15) is 0 Å². The molecule has 1 aromatic carbocycles. The zero-order valence-electron chi connectivity index (χ0n) is 28.3. The molecule has 0 aliphatic carbocycles. The van der Waals surface area contributed by atoms with Gasteiger partial charge in [-0.1, -0.05) is 58.0 Å². The third-order valence-corrected chi connectivity index (χ3v) is 9.57. The number of nitrogens with one attached hydrogen (secondary N) is 4. The number of carbonyl (C=O) groups is 3. The predicted octanol–water partition coefficient (Wildman–Crippen LogP) is 4.79. The summed E-state index contributed by atoms with van der Waals surface area (Å²) in [5.74, 6) is -0.367. The van der Waals surface area contributed by atoms with Crippen molar-refractivity contribution in [1.29, 1.82) is 0 Å². The molecule has 0 fully saturated rings. The number of urea groups is 1. The molecule has 0 bridgehead atoms. The van der Waals surface area contributed by atoms with E-state index in [0.717, 1.165) is 21.1 Å². The van der Waals surface area contributed by atoms with Gasteiger partial charge in [0.1, 0.15) is 18.8 Å². The number of benzene rings is 1. The van der Waals surface area contributed by atoms with Crippen molar-refractivity contribution < 1.29 is 28.6 Å². The van der Waals surface area contributed by atoms with Crippen molar-refractivity contribution in [2.45, 2.75) is 77.5 Å². The van der Waals surface area contributed by atoms with Crippen LogP contribution in [0.4, 0.5) is 9.59 Å². The molecule has 0 radical (unpaired) electrons. The van der Waals surface area contributed by atoms with E-state index in [9.17, 15) is 19.5 Å². The molecule has 3 aromatic heterocycles. The van der Waals surface area contributed by atoms with Crippen molar-refractivity contribution in [3.8, 4) is 0 Å². The van der Waals surface area contributed by atoms with Crippen LogP contribution in [-0.4, -0.2) is 69.8 Å². The highest BCUT2D eigenvalue weighted by Gasteiger charge is 2.30. The number of ether oxygens (including phenoxy) is 1. The van der Waals surface area contributed by atoms with E-state index in [1.54, 1.807) is 36.2 Å². The minimum Gasteiger partial charge on any atom is -0.472 e. The van der Waals surface area contributed by atoms with E-state index in [-0.39, 0.29) is 19.1 Å². The van der Waals surface area contributed by atoms with E-state index in [1.807, 2.05) is 49.6 Å². The van der Waals surface area contributed by atoms with Crippen molar-refractivity contribution in [3.63, 3.8) is 0 Å². The van der Waals surface area contributed by atoms with Gasteiger partial charge < -0.3 is 35.1 Å². The van der Waals surface area contributed by atoms with E-state index in [1.165, 1.54) is 28.8 Å². The highest BCUT2D eigenvalue weighted by molar-refractivity contribution is 7.09. The number of nitrogens with zero attached hydrogens (tertiary/aromatic N) is 3. The molecule has 0 spiro atoms. The maximum Gasteiger partial charge on any atom is 0.407 e. The van der Waals surface area contributed by atoms with E-state index in [0.29, 0.717) is 24.4 Å². The number of rotatable bonds is 17. The third-order valence-electron chi connectivity index (χ3n) is 7.63. The molecule has 0 saturated heterocycles. The molecule has 4 amide bonds. The Hall–Kier alpha value is -4.31. The normalized spacial score (nSPS) is 13.8. The van der Waals surface area contributed by atoms with Crippen LogP contribution in [0.5, 0.6) is 0 Å². The molecular formula is C34H45N7O6S2. The van der Waals surface area contributed by atoms with Crippen LogP contribution in [0.2, 0.25) is 0 Å². The summed E-state index contributed by atoms with van der Waals surface area (Å²) in [4.78, 5) is 50.4. The van der Waals surface area contributed by atoms with Crippen molar-refractivity contribution in [3.05, 3.63) is 92.7 Å². The molecular weight excluding hydrogens is 667 g/mol. The van der Waals surface area contributed by atoms with Crippen LogP contribution < -0.4 is 21.3 Å². The summed E-state index contributed by atoms with van der Waals surface area (Å²) >= 11 is 2.93. The Morgan fingerprint density at radius 2 is 1.82 bits per heavy atom. The molecule has 1 unspecified atom stereocenters. The second kappa shape index (κ2) is 18.5. The standard InChI is InChI=1S/C34H45N7O6S2/c1-21(2)29(39-33(44)41(5)16-25-19-48-32(37-25)22(3)4)31(43)40-30(24-11-12-46-17-24)36-15-28(42)27(13-23-9-7-6-8-10-23)38-34(45)47-18-26-14-35-20-49-26/h6-12,14,17,19-22,27-30,36,42H,13,15-16,18H2,1-5H3,(H,38,45)(H,39,44)(H,40,43)/t27-,28-,29-,30?/m0/s1. The third kappa shape index (κ3) is 11.7. The SMILES string of the molecule is CC(C)c1nc(CN(C)C(=O)N[C@H](C(=O)NC(NC[C@H](O)[C@H](Cc2ccccc2)NC(=O)OCc2cncs2)c2ccoc2)C(C)C)cs1. The number of aromatic nitrogens is 2. The fraction of sp³-hybridized carbons (Fsp3) is 0.441. The maximum atomic E-state index is 13.7. The highest BCUT2D eigenvalue weighted by atomic mass is 32.1. The van der Waals surface area contributed by atoms with Gasteiger partial charge in [0, 0.05) is 36.7 Å². The quantitative estimate of drug-likeness (QED) is 0.0967. The van der Waals surface area contributed by atoms with Gasteiger partial charge >= 0.3 is 12.1 Å². The van der Waals surface area contributed by atoms with Crippen LogP contribution in [0.1, 0.15) is 66.5 Å². The first kappa shape index (κ1) is 37.5. The van der Waals surface area contributed by atoms with Gasteiger partial charge in [0.15, 0.2) is 0 Å². The first-order valence-corrected chi connectivity index (χ1v) is 17.8. The Kier molecular flexibility index (Phi) is 14.1. The van der Waals surface area contributed by atoms with Crippen LogP contribution in [0.3, 0.4) is 0 Å². The summed E-state index contributed by atoms with van der Waals surface area (Å²) in [6.45, 7) is 8.17. The maximum absolute atomic E-state index is 13.7. The van der Waals surface area contributed by atoms with E-state index in [4.69, 9.17) is 9.15 Å². The molecule has 49 heavy (non-hydrogen) atoms. The summed E-state index contributed by atoms with van der Waals surface area (Å²) in [5, 5.41) is 26.1. The number of carbonyl (C=O) groups excluding carboxylic acids is 3. The van der Waals surface area contributed by atoms with Gasteiger partial charge in [-0.3, -0.25) is 15.1 Å². The number of amides is 4. The fourth-order valence-electron chi connectivity index (χ4n) is 4.85. The summed E-state index contributed by atoms with van der Waals surface area (Å²) in [6.07, 6.45) is 2.37.